The number of rotatable bonds is 2. The largest absolute Gasteiger partial charge is 0.365 e. The van der Waals surface area contributed by atoms with Gasteiger partial charge in [0, 0.05) is 25.3 Å². The van der Waals surface area contributed by atoms with Crippen molar-refractivity contribution in [2.24, 2.45) is 0 Å². The van der Waals surface area contributed by atoms with Crippen molar-refractivity contribution in [2.75, 3.05) is 18.0 Å². The van der Waals surface area contributed by atoms with E-state index in [1.165, 1.54) is 12.1 Å². The number of hydrogen-bond acceptors (Lipinski definition) is 6. The zero-order valence-corrected chi connectivity index (χ0v) is 13.4. The summed E-state index contributed by atoms with van der Waals surface area (Å²) < 4.78 is 1.63. The lowest BCUT2D eigenvalue weighted by atomic mass is 10.1. The lowest BCUT2D eigenvalue weighted by molar-refractivity contribution is -0.137. The van der Waals surface area contributed by atoms with Crippen molar-refractivity contribution in [1.82, 2.24) is 30.1 Å². The summed E-state index contributed by atoms with van der Waals surface area (Å²) in [5.41, 5.74) is 1.59. The predicted octanol–water partition coefficient (Wildman–Crippen LogP) is 0.568. The van der Waals surface area contributed by atoms with E-state index in [-0.39, 0.29) is 5.91 Å². The number of aromatic nitrogens is 5. The van der Waals surface area contributed by atoms with Gasteiger partial charge in [-0.3, -0.25) is 9.78 Å². The molecule has 0 aromatic carbocycles. The minimum absolute atomic E-state index is 0.125. The van der Waals surface area contributed by atoms with Crippen LogP contribution < -0.4 is 4.90 Å². The summed E-state index contributed by atoms with van der Waals surface area (Å²) in [4.78, 5) is 22.2. The van der Waals surface area contributed by atoms with Gasteiger partial charge in [-0.1, -0.05) is 0 Å². The Kier molecular flexibility index (Phi) is 2.89. The number of carbonyl (C=O) groups excluding carboxylic acids is 1. The van der Waals surface area contributed by atoms with Crippen LogP contribution in [0.25, 0.3) is 0 Å². The molecule has 2 aromatic rings. The molecule has 1 amide bonds. The highest BCUT2D eigenvalue weighted by molar-refractivity contribution is 5.87. The van der Waals surface area contributed by atoms with Crippen LogP contribution in [-0.2, 0) is 16.9 Å². The van der Waals surface area contributed by atoms with E-state index in [1.807, 2.05) is 17.2 Å². The highest BCUT2D eigenvalue weighted by Crippen LogP contribution is 2.45. The van der Waals surface area contributed by atoms with Crippen LogP contribution in [0.5, 0.6) is 0 Å². The van der Waals surface area contributed by atoms with Gasteiger partial charge >= 0.3 is 0 Å². The van der Waals surface area contributed by atoms with E-state index in [0.29, 0.717) is 12.6 Å². The lowest BCUT2D eigenvalue weighted by Gasteiger charge is -2.29. The first-order chi connectivity index (χ1) is 11.8. The Morgan fingerprint density at radius 3 is 3.04 bits per heavy atom. The minimum atomic E-state index is -0.577. The van der Waals surface area contributed by atoms with E-state index < -0.39 is 5.54 Å². The molecular formula is C16H19N7O. The SMILES string of the molecule is O=C(N1Cc2ncccc2N2CCC[C@H]2C1)C1(n2cnnn2)CC1. The van der Waals surface area contributed by atoms with Gasteiger partial charge in [-0.15, -0.1) is 5.10 Å². The number of tetrazole rings is 1. The molecule has 1 aliphatic carbocycles. The molecule has 1 atom stereocenters. The van der Waals surface area contributed by atoms with Crippen LogP contribution in [-0.4, -0.2) is 55.1 Å². The molecule has 1 saturated heterocycles. The van der Waals surface area contributed by atoms with E-state index in [9.17, 15) is 4.79 Å². The Morgan fingerprint density at radius 2 is 2.25 bits per heavy atom. The summed E-state index contributed by atoms with van der Waals surface area (Å²) >= 11 is 0. The molecule has 4 heterocycles. The average Bonchev–Trinajstić information content (AvgIpc) is 3.04. The molecule has 0 bridgehead atoms. The zero-order chi connectivity index (χ0) is 16.1. The third kappa shape index (κ3) is 1.95. The van der Waals surface area contributed by atoms with Gasteiger partial charge in [-0.2, -0.15) is 0 Å². The van der Waals surface area contributed by atoms with Gasteiger partial charge in [0.25, 0.3) is 5.91 Å². The maximum absolute atomic E-state index is 13.3. The first kappa shape index (κ1) is 13.9. The molecule has 8 heteroatoms. The standard InChI is InChI=1S/C16H19N7O/c24-15(16(5-6-16)23-11-18-19-20-23)21-9-12-3-2-8-22(12)14-4-1-7-17-13(14)10-21/h1,4,7,11-12H,2-3,5-6,8-10H2/t12-/m0/s1. The predicted molar refractivity (Wildman–Crippen MR) is 85.0 cm³/mol. The van der Waals surface area contributed by atoms with Crippen molar-refractivity contribution in [3.05, 3.63) is 30.4 Å². The fourth-order valence-electron chi connectivity index (χ4n) is 4.12. The topological polar surface area (TPSA) is 80.0 Å². The smallest absolute Gasteiger partial charge is 0.251 e. The summed E-state index contributed by atoms with van der Waals surface area (Å²) in [6, 6.07) is 4.49. The molecule has 0 N–H and O–H groups in total. The van der Waals surface area contributed by atoms with Crippen LogP contribution in [0.15, 0.2) is 24.7 Å². The van der Waals surface area contributed by atoms with Gasteiger partial charge in [0.2, 0.25) is 0 Å². The number of anilines is 1. The highest BCUT2D eigenvalue weighted by atomic mass is 16.2. The molecule has 8 nitrogen and oxygen atoms in total. The normalized spacial score (nSPS) is 24.2. The number of nitrogens with zero attached hydrogens (tertiary/aromatic N) is 7. The second-order valence-electron chi connectivity index (χ2n) is 6.93. The first-order valence-corrected chi connectivity index (χ1v) is 8.51. The van der Waals surface area contributed by atoms with Gasteiger partial charge in [-0.05, 0) is 48.2 Å². The van der Waals surface area contributed by atoms with Gasteiger partial charge in [-0.25, -0.2) is 4.68 Å². The molecule has 1 saturated carbocycles. The summed E-state index contributed by atoms with van der Waals surface area (Å²) in [5.74, 6) is 0.125. The summed E-state index contributed by atoms with van der Waals surface area (Å²) in [6.45, 7) is 2.36. The Balaban J connectivity index is 1.50. The Morgan fingerprint density at radius 1 is 1.33 bits per heavy atom. The molecule has 124 valence electrons. The number of pyridine rings is 1. The van der Waals surface area contributed by atoms with Crippen LogP contribution in [0.4, 0.5) is 5.69 Å². The maximum atomic E-state index is 13.3. The minimum Gasteiger partial charge on any atom is -0.365 e. The van der Waals surface area contributed by atoms with Crippen LogP contribution in [0.3, 0.4) is 0 Å². The fraction of sp³-hybridized carbons (Fsp3) is 0.562. The van der Waals surface area contributed by atoms with Crippen molar-refractivity contribution >= 4 is 11.6 Å². The Labute approximate surface area is 139 Å². The summed E-state index contributed by atoms with van der Waals surface area (Å²) in [6.07, 6.45) is 7.26. The maximum Gasteiger partial charge on any atom is 0.251 e. The second-order valence-corrected chi connectivity index (χ2v) is 6.93. The van der Waals surface area contributed by atoms with Gasteiger partial charge in [0.05, 0.1) is 17.9 Å². The van der Waals surface area contributed by atoms with E-state index in [2.05, 4.69) is 31.5 Å². The van der Waals surface area contributed by atoms with Crippen molar-refractivity contribution in [3.8, 4) is 0 Å². The Hall–Kier alpha value is -2.51. The zero-order valence-electron chi connectivity index (χ0n) is 13.4. The first-order valence-electron chi connectivity index (χ1n) is 8.51. The van der Waals surface area contributed by atoms with Gasteiger partial charge < -0.3 is 9.80 Å². The number of fused-ring (bicyclic) bond motifs is 3. The van der Waals surface area contributed by atoms with E-state index >= 15 is 0 Å². The highest BCUT2D eigenvalue weighted by Gasteiger charge is 2.55. The number of amides is 1. The molecule has 2 fully saturated rings. The Bertz CT molecular complexity index is 770. The molecule has 2 aromatic heterocycles. The molecular weight excluding hydrogens is 306 g/mol. The van der Waals surface area contributed by atoms with Crippen LogP contribution >= 0.6 is 0 Å². The quantitative estimate of drug-likeness (QED) is 0.803. The van der Waals surface area contributed by atoms with Crippen molar-refractivity contribution in [2.45, 2.75) is 43.8 Å². The molecule has 0 unspecified atom stereocenters. The average molecular weight is 325 g/mol. The second kappa shape index (κ2) is 4.99. The van der Waals surface area contributed by atoms with Crippen LogP contribution in [0.1, 0.15) is 31.4 Å². The van der Waals surface area contributed by atoms with Crippen molar-refractivity contribution < 1.29 is 4.79 Å². The third-order valence-corrected chi connectivity index (χ3v) is 5.52. The third-order valence-electron chi connectivity index (χ3n) is 5.52. The molecule has 0 spiro atoms. The summed E-state index contributed by atoms with van der Waals surface area (Å²) in [5, 5.41) is 11.4. The molecule has 2 aliphatic heterocycles. The number of hydrogen-bond donors (Lipinski definition) is 0. The summed E-state index contributed by atoms with van der Waals surface area (Å²) in [7, 11) is 0. The van der Waals surface area contributed by atoms with E-state index in [4.69, 9.17) is 0 Å². The lowest BCUT2D eigenvalue weighted by Crippen LogP contribution is -2.46. The van der Waals surface area contributed by atoms with Gasteiger partial charge in [0.1, 0.15) is 11.9 Å². The van der Waals surface area contributed by atoms with Crippen LogP contribution in [0.2, 0.25) is 0 Å². The molecule has 0 radical (unpaired) electrons. The van der Waals surface area contributed by atoms with Gasteiger partial charge in [0.15, 0.2) is 0 Å². The molecule has 3 aliphatic rings. The van der Waals surface area contributed by atoms with Crippen molar-refractivity contribution in [3.63, 3.8) is 0 Å². The van der Waals surface area contributed by atoms with Crippen molar-refractivity contribution in [1.29, 1.82) is 0 Å². The van der Waals surface area contributed by atoms with E-state index in [0.717, 1.165) is 38.0 Å². The monoisotopic (exact) mass is 325 g/mol. The van der Waals surface area contributed by atoms with E-state index in [1.54, 1.807) is 11.0 Å². The fourth-order valence-corrected chi connectivity index (χ4v) is 4.12. The molecule has 24 heavy (non-hydrogen) atoms. The van der Waals surface area contributed by atoms with Crippen LogP contribution in [0, 0.1) is 0 Å². The number of carbonyl (C=O) groups is 1. The molecule has 5 rings (SSSR count).